The molecule has 2 heterocycles. The standard InChI is InChI=1S/C19H20FN3O3/c20-13-5-7-14(8-6-13)22-10-9-15(21-22)18(24)23-16-4-2-1-3-12(16)11-17(23)19(25)26/h5-10,12,16-17H,1-4,11H2,(H,25,26). The number of hydrogen-bond acceptors (Lipinski definition) is 3. The summed E-state index contributed by atoms with van der Waals surface area (Å²) in [6, 6.07) is 6.58. The first-order chi connectivity index (χ1) is 12.5. The van der Waals surface area contributed by atoms with Crippen LogP contribution in [0.5, 0.6) is 0 Å². The molecule has 4 rings (SSSR count). The first kappa shape index (κ1) is 16.8. The first-order valence-corrected chi connectivity index (χ1v) is 8.91. The fourth-order valence-corrected chi connectivity index (χ4v) is 4.28. The minimum absolute atomic E-state index is 0.0201. The number of carbonyl (C=O) groups is 2. The first-order valence-electron chi connectivity index (χ1n) is 8.91. The molecule has 1 saturated carbocycles. The highest BCUT2D eigenvalue weighted by Crippen LogP contribution is 2.40. The Labute approximate surface area is 150 Å². The van der Waals surface area contributed by atoms with Crippen LogP contribution in [0.25, 0.3) is 5.69 Å². The molecular formula is C19H20FN3O3. The van der Waals surface area contributed by atoms with Crippen LogP contribution in [0.1, 0.15) is 42.6 Å². The maximum atomic E-state index is 13.1. The van der Waals surface area contributed by atoms with Crippen molar-refractivity contribution in [3.05, 3.63) is 48.0 Å². The number of aromatic nitrogens is 2. The number of nitrogens with zero attached hydrogens (tertiary/aromatic N) is 3. The normalized spacial score (nSPS) is 25.1. The van der Waals surface area contributed by atoms with E-state index in [9.17, 15) is 19.1 Å². The quantitative estimate of drug-likeness (QED) is 0.916. The lowest BCUT2D eigenvalue weighted by atomic mass is 9.84. The van der Waals surface area contributed by atoms with E-state index in [0.29, 0.717) is 12.1 Å². The Bertz CT molecular complexity index is 833. The van der Waals surface area contributed by atoms with E-state index in [0.717, 1.165) is 25.7 Å². The van der Waals surface area contributed by atoms with E-state index in [4.69, 9.17) is 0 Å². The molecule has 0 bridgehead atoms. The van der Waals surface area contributed by atoms with Gasteiger partial charge in [0.05, 0.1) is 5.69 Å². The molecule has 3 unspecified atom stereocenters. The minimum atomic E-state index is -0.953. The van der Waals surface area contributed by atoms with E-state index in [1.807, 2.05) is 0 Å². The zero-order chi connectivity index (χ0) is 18.3. The van der Waals surface area contributed by atoms with Gasteiger partial charge in [0.2, 0.25) is 0 Å². The largest absolute Gasteiger partial charge is 0.480 e. The van der Waals surface area contributed by atoms with Gasteiger partial charge in [-0.15, -0.1) is 0 Å². The molecule has 1 aliphatic heterocycles. The molecule has 2 fully saturated rings. The highest BCUT2D eigenvalue weighted by atomic mass is 19.1. The molecule has 0 spiro atoms. The maximum absolute atomic E-state index is 13.1. The Morgan fingerprint density at radius 3 is 2.58 bits per heavy atom. The van der Waals surface area contributed by atoms with E-state index < -0.39 is 12.0 Å². The average Bonchev–Trinajstić information content (AvgIpc) is 3.27. The van der Waals surface area contributed by atoms with Gasteiger partial charge < -0.3 is 10.0 Å². The summed E-state index contributed by atoms with van der Waals surface area (Å²) in [5.41, 5.74) is 0.851. The molecule has 1 aliphatic carbocycles. The van der Waals surface area contributed by atoms with Crippen molar-refractivity contribution in [3.8, 4) is 5.69 Å². The molecule has 26 heavy (non-hydrogen) atoms. The molecule has 136 valence electrons. The average molecular weight is 357 g/mol. The summed E-state index contributed by atoms with van der Waals surface area (Å²) in [5, 5.41) is 13.9. The van der Waals surface area contributed by atoms with Crippen LogP contribution in [0.3, 0.4) is 0 Å². The second-order valence-corrected chi connectivity index (χ2v) is 7.04. The monoisotopic (exact) mass is 357 g/mol. The van der Waals surface area contributed by atoms with Crippen molar-refractivity contribution < 1.29 is 19.1 Å². The number of halogens is 1. The summed E-state index contributed by atoms with van der Waals surface area (Å²) in [6.07, 6.45) is 6.08. The van der Waals surface area contributed by atoms with Crippen molar-refractivity contribution in [3.63, 3.8) is 0 Å². The molecule has 7 heteroatoms. The van der Waals surface area contributed by atoms with Crippen LogP contribution in [-0.4, -0.2) is 43.7 Å². The lowest BCUT2D eigenvalue weighted by molar-refractivity contribution is -0.141. The minimum Gasteiger partial charge on any atom is -0.480 e. The smallest absolute Gasteiger partial charge is 0.326 e. The van der Waals surface area contributed by atoms with Crippen molar-refractivity contribution in [1.29, 1.82) is 0 Å². The van der Waals surface area contributed by atoms with Gasteiger partial charge in [-0.25, -0.2) is 13.9 Å². The van der Waals surface area contributed by atoms with Gasteiger partial charge in [0.25, 0.3) is 5.91 Å². The van der Waals surface area contributed by atoms with Gasteiger partial charge in [0.15, 0.2) is 5.69 Å². The van der Waals surface area contributed by atoms with Crippen LogP contribution in [-0.2, 0) is 4.79 Å². The number of carbonyl (C=O) groups excluding carboxylic acids is 1. The van der Waals surface area contributed by atoms with Crippen LogP contribution < -0.4 is 0 Å². The van der Waals surface area contributed by atoms with E-state index in [1.165, 1.54) is 21.7 Å². The Kier molecular flexibility index (Phi) is 4.22. The predicted octanol–water partition coefficient (Wildman–Crippen LogP) is 2.87. The van der Waals surface area contributed by atoms with E-state index in [2.05, 4.69) is 5.10 Å². The molecule has 1 aromatic heterocycles. The highest BCUT2D eigenvalue weighted by Gasteiger charge is 2.48. The molecule has 0 radical (unpaired) electrons. The van der Waals surface area contributed by atoms with Crippen LogP contribution in [0, 0.1) is 11.7 Å². The lowest BCUT2D eigenvalue weighted by Gasteiger charge is -2.32. The zero-order valence-corrected chi connectivity index (χ0v) is 14.2. The number of carboxylic acids is 1. The van der Waals surface area contributed by atoms with Gasteiger partial charge in [0.1, 0.15) is 11.9 Å². The van der Waals surface area contributed by atoms with E-state index in [-0.39, 0.29) is 29.4 Å². The molecular weight excluding hydrogens is 337 g/mol. The second kappa shape index (κ2) is 6.55. The second-order valence-electron chi connectivity index (χ2n) is 7.04. The number of carboxylic acid groups (broad SMARTS) is 1. The fourth-order valence-electron chi connectivity index (χ4n) is 4.28. The Morgan fingerprint density at radius 2 is 1.85 bits per heavy atom. The Balaban J connectivity index is 1.61. The Hall–Kier alpha value is -2.70. The predicted molar refractivity (Wildman–Crippen MR) is 91.5 cm³/mol. The third kappa shape index (κ3) is 2.87. The van der Waals surface area contributed by atoms with Gasteiger partial charge in [-0.05, 0) is 55.5 Å². The summed E-state index contributed by atoms with van der Waals surface area (Å²) in [7, 11) is 0. The summed E-state index contributed by atoms with van der Waals surface area (Å²) in [6.45, 7) is 0. The van der Waals surface area contributed by atoms with Crippen molar-refractivity contribution in [2.75, 3.05) is 0 Å². The molecule has 1 N–H and O–H groups in total. The fraction of sp³-hybridized carbons (Fsp3) is 0.421. The molecule has 1 amide bonds. The van der Waals surface area contributed by atoms with Crippen molar-refractivity contribution in [1.82, 2.24) is 14.7 Å². The van der Waals surface area contributed by atoms with Crippen LogP contribution in [0.4, 0.5) is 4.39 Å². The topological polar surface area (TPSA) is 75.4 Å². The van der Waals surface area contributed by atoms with Crippen LogP contribution in [0.2, 0.25) is 0 Å². The van der Waals surface area contributed by atoms with Gasteiger partial charge in [-0.3, -0.25) is 4.79 Å². The van der Waals surface area contributed by atoms with Gasteiger partial charge >= 0.3 is 5.97 Å². The van der Waals surface area contributed by atoms with Crippen molar-refractivity contribution in [2.45, 2.75) is 44.2 Å². The molecule has 1 aromatic carbocycles. The van der Waals surface area contributed by atoms with Crippen LogP contribution in [0.15, 0.2) is 36.5 Å². The molecule has 6 nitrogen and oxygen atoms in total. The molecule has 2 aromatic rings. The van der Waals surface area contributed by atoms with Gasteiger partial charge in [-0.2, -0.15) is 5.10 Å². The number of hydrogen-bond donors (Lipinski definition) is 1. The summed E-state index contributed by atoms with van der Waals surface area (Å²) < 4.78 is 14.6. The number of fused-ring (bicyclic) bond motifs is 1. The number of aliphatic carboxylic acids is 1. The Morgan fingerprint density at radius 1 is 1.12 bits per heavy atom. The molecule has 1 saturated heterocycles. The number of likely N-dealkylation sites (tertiary alicyclic amines) is 1. The number of rotatable bonds is 3. The summed E-state index contributed by atoms with van der Waals surface area (Å²) in [4.78, 5) is 26.3. The summed E-state index contributed by atoms with van der Waals surface area (Å²) in [5.74, 6) is -1.38. The van der Waals surface area contributed by atoms with Crippen molar-refractivity contribution >= 4 is 11.9 Å². The third-order valence-corrected chi connectivity index (χ3v) is 5.51. The van der Waals surface area contributed by atoms with Gasteiger partial charge in [-0.1, -0.05) is 12.8 Å². The van der Waals surface area contributed by atoms with Crippen molar-refractivity contribution in [2.24, 2.45) is 5.92 Å². The summed E-state index contributed by atoms with van der Waals surface area (Å²) >= 11 is 0. The maximum Gasteiger partial charge on any atom is 0.326 e. The van der Waals surface area contributed by atoms with Crippen LogP contribution >= 0.6 is 0 Å². The van der Waals surface area contributed by atoms with E-state index >= 15 is 0 Å². The number of amides is 1. The van der Waals surface area contributed by atoms with Gasteiger partial charge in [0, 0.05) is 12.2 Å². The third-order valence-electron chi connectivity index (χ3n) is 5.51. The SMILES string of the molecule is O=C(O)C1CC2CCCCC2N1C(=O)c1ccn(-c2ccc(F)cc2)n1. The highest BCUT2D eigenvalue weighted by molar-refractivity contribution is 5.95. The number of benzene rings is 1. The zero-order valence-electron chi connectivity index (χ0n) is 14.2. The lowest BCUT2D eigenvalue weighted by Crippen LogP contribution is -2.46. The molecule has 2 aliphatic rings. The molecule has 3 atom stereocenters. The van der Waals surface area contributed by atoms with E-state index in [1.54, 1.807) is 24.4 Å².